The number of carbonyl (C=O) groups is 1. The summed E-state index contributed by atoms with van der Waals surface area (Å²) in [6, 6.07) is 2.97. The molecular weight excluding hydrogens is 293 g/mol. The van der Waals surface area contributed by atoms with Gasteiger partial charge in [-0.2, -0.15) is 0 Å². The van der Waals surface area contributed by atoms with Crippen LogP contribution in [0.3, 0.4) is 0 Å². The zero-order valence-corrected chi connectivity index (χ0v) is 11.3. The Hall–Kier alpha value is -1.72. The Bertz CT molecular complexity index is 724. The molecule has 0 aliphatic carbocycles. The number of benzene rings is 1. The van der Waals surface area contributed by atoms with Gasteiger partial charge in [0.15, 0.2) is 5.75 Å². The molecule has 1 N–H and O–H groups in total. The number of pyridine rings is 1. The van der Waals surface area contributed by atoms with E-state index in [4.69, 9.17) is 28.3 Å². The lowest BCUT2D eigenvalue weighted by atomic mass is 10.2. The summed E-state index contributed by atoms with van der Waals surface area (Å²) in [6.07, 6.45) is -0.206. The molecule has 19 heavy (non-hydrogen) atoms. The molecule has 2 aromatic rings. The van der Waals surface area contributed by atoms with Crippen LogP contribution >= 0.6 is 23.2 Å². The summed E-state index contributed by atoms with van der Waals surface area (Å²) in [5.74, 6) is -0.264. The summed E-state index contributed by atoms with van der Waals surface area (Å²) >= 11 is 11.8. The number of carboxylic acid groups (broad SMARTS) is 1. The lowest BCUT2D eigenvalue weighted by molar-refractivity contribution is 0.144. The number of hydrogen-bond donors (Lipinski definition) is 1. The summed E-state index contributed by atoms with van der Waals surface area (Å²) in [5, 5.41) is 9.41. The predicted octanol–water partition coefficient (Wildman–Crippen LogP) is 3.39. The largest absolute Gasteiger partial charge is 0.511 e. The van der Waals surface area contributed by atoms with Crippen LogP contribution in [0.1, 0.15) is 6.92 Å². The third-order valence-corrected chi connectivity index (χ3v) is 3.35. The molecule has 0 aliphatic heterocycles. The van der Waals surface area contributed by atoms with Crippen molar-refractivity contribution in [3.05, 3.63) is 38.6 Å². The molecule has 0 amide bonds. The van der Waals surface area contributed by atoms with Gasteiger partial charge in [0, 0.05) is 6.54 Å². The molecule has 2 rings (SSSR count). The minimum atomic E-state index is -1.54. The molecule has 1 aromatic carbocycles. The van der Waals surface area contributed by atoms with E-state index in [-0.39, 0.29) is 16.2 Å². The number of hydrogen-bond acceptors (Lipinski definition) is 3. The summed E-state index contributed by atoms with van der Waals surface area (Å²) in [5.41, 5.74) is 0.0281. The zero-order chi connectivity index (χ0) is 14.2. The Balaban J connectivity index is 2.83. The molecule has 0 bridgehead atoms. The molecule has 1 aromatic heterocycles. The van der Waals surface area contributed by atoms with Gasteiger partial charge >= 0.3 is 6.16 Å². The summed E-state index contributed by atoms with van der Waals surface area (Å²) in [6.45, 7) is 2.36. The van der Waals surface area contributed by atoms with Gasteiger partial charge in [-0.25, -0.2) is 4.79 Å². The fourth-order valence-electron chi connectivity index (χ4n) is 1.79. The molecule has 0 fully saturated rings. The standard InChI is InChI=1S/C12H9Cl2NO4/c1-2-15-5-10(19-12(17)18)11(16)6-3-7(13)8(14)4-9(6)15/h3-5H,2H2,1H3,(H,17,18). The Morgan fingerprint density at radius 1 is 1.37 bits per heavy atom. The molecular formula is C12H9Cl2NO4. The molecule has 0 atom stereocenters. The van der Waals surface area contributed by atoms with Gasteiger partial charge in [-0.05, 0) is 19.1 Å². The van der Waals surface area contributed by atoms with Crippen molar-refractivity contribution in [2.45, 2.75) is 13.5 Å². The molecule has 5 nitrogen and oxygen atoms in total. The first kappa shape index (κ1) is 13.7. The van der Waals surface area contributed by atoms with Crippen LogP contribution in [0, 0.1) is 0 Å². The molecule has 7 heteroatoms. The monoisotopic (exact) mass is 301 g/mol. The van der Waals surface area contributed by atoms with Crippen molar-refractivity contribution in [2.24, 2.45) is 0 Å². The third kappa shape index (κ3) is 2.52. The molecule has 0 saturated carbocycles. The highest BCUT2D eigenvalue weighted by atomic mass is 35.5. The first-order chi connectivity index (χ1) is 8.93. The van der Waals surface area contributed by atoms with Crippen molar-refractivity contribution in [3.63, 3.8) is 0 Å². The lowest BCUT2D eigenvalue weighted by Gasteiger charge is -2.11. The van der Waals surface area contributed by atoms with E-state index >= 15 is 0 Å². The molecule has 0 spiro atoms. The van der Waals surface area contributed by atoms with Crippen LogP contribution in [-0.4, -0.2) is 15.8 Å². The molecule has 100 valence electrons. The van der Waals surface area contributed by atoms with Crippen molar-refractivity contribution < 1.29 is 14.6 Å². The second-order valence-electron chi connectivity index (χ2n) is 3.76. The van der Waals surface area contributed by atoms with E-state index in [1.807, 2.05) is 6.92 Å². The second-order valence-corrected chi connectivity index (χ2v) is 4.57. The van der Waals surface area contributed by atoms with Crippen LogP contribution < -0.4 is 10.2 Å². The minimum absolute atomic E-state index is 0.224. The first-order valence-corrected chi connectivity index (χ1v) is 6.12. The van der Waals surface area contributed by atoms with E-state index in [2.05, 4.69) is 4.74 Å². The van der Waals surface area contributed by atoms with Crippen LogP contribution in [0.2, 0.25) is 10.0 Å². The fourth-order valence-corrected chi connectivity index (χ4v) is 2.11. The second kappa shape index (κ2) is 5.11. The van der Waals surface area contributed by atoms with Crippen molar-refractivity contribution in [2.75, 3.05) is 0 Å². The predicted molar refractivity (Wildman–Crippen MR) is 72.6 cm³/mol. The quantitative estimate of drug-likeness (QED) is 0.863. The van der Waals surface area contributed by atoms with E-state index in [1.165, 1.54) is 12.3 Å². The minimum Gasteiger partial charge on any atom is -0.449 e. The third-order valence-electron chi connectivity index (χ3n) is 2.63. The normalized spacial score (nSPS) is 10.7. The van der Waals surface area contributed by atoms with Gasteiger partial charge in [-0.15, -0.1) is 0 Å². The van der Waals surface area contributed by atoms with Crippen molar-refractivity contribution in [3.8, 4) is 5.75 Å². The van der Waals surface area contributed by atoms with Crippen LogP contribution in [-0.2, 0) is 6.54 Å². The molecule has 0 radical (unpaired) electrons. The highest BCUT2D eigenvalue weighted by Gasteiger charge is 2.14. The van der Waals surface area contributed by atoms with E-state index in [9.17, 15) is 9.59 Å². The number of fused-ring (bicyclic) bond motifs is 1. The first-order valence-electron chi connectivity index (χ1n) is 5.37. The van der Waals surface area contributed by atoms with Crippen molar-refractivity contribution in [1.82, 2.24) is 4.57 Å². The number of nitrogens with zero attached hydrogens (tertiary/aromatic N) is 1. The van der Waals surface area contributed by atoms with Crippen LogP contribution in [0.5, 0.6) is 5.75 Å². The van der Waals surface area contributed by atoms with E-state index in [0.717, 1.165) is 0 Å². The molecule has 0 aliphatic rings. The average molecular weight is 302 g/mol. The van der Waals surface area contributed by atoms with Crippen molar-refractivity contribution >= 4 is 40.3 Å². The number of ether oxygens (including phenoxy) is 1. The fraction of sp³-hybridized carbons (Fsp3) is 0.167. The molecule has 0 unspecified atom stereocenters. The average Bonchev–Trinajstić information content (AvgIpc) is 2.35. The highest BCUT2D eigenvalue weighted by Crippen LogP contribution is 2.27. The smallest absolute Gasteiger partial charge is 0.449 e. The zero-order valence-electron chi connectivity index (χ0n) is 9.81. The number of rotatable bonds is 2. The summed E-state index contributed by atoms with van der Waals surface area (Å²) < 4.78 is 6.14. The van der Waals surface area contributed by atoms with Crippen LogP contribution in [0.4, 0.5) is 4.79 Å². The van der Waals surface area contributed by atoms with Gasteiger partial charge < -0.3 is 14.4 Å². The van der Waals surface area contributed by atoms with Crippen LogP contribution in [0.25, 0.3) is 10.9 Å². The van der Waals surface area contributed by atoms with E-state index in [0.29, 0.717) is 17.1 Å². The van der Waals surface area contributed by atoms with Gasteiger partial charge in [0.2, 0.25) is 5.43 Å². The maximum Gasteiger partial charge on any atom is 0.511 e. The van der Waals surface area contributed by atoms with E-state index in [1.54, 1.807) is 10.6 Å². The Kier molecular flexibility index (Phi) is 3.68. The Labute approximate surface area is 117 Å². The summed E-state index contributed by atoms with van der Waals surface area (Å²) in [4.78, 5) is 22.7. The van der Waals surface area contributed by atoms with E-state index < -0.39 is 11.6 Å². The Morgan fingerprint density at radius 3 is 2.58 bits per heavy atom. The SMILES string of the molecule is CCn1cc(OC(=O)O)c(=O)c2cc(Cl)c(Cl)cc21. The number of aryl methyl sites for hydroxylation is 1. The Morgan fingerprint density at radius 2 is 2.00 bits per heavy atom. The number of aromatic nitrogens is 1. The maximum absolute atomic E-state index is 12.1. The van der Waals surface area contributed by atoms with Gasteiger partial charge in [-0.1, -0.05) is 23.2 Å². The lowest BCUT2D eigenvalue weighted by Crippen LogP contribution is -2.16. The summed E-state index contributed by atoms with van der Waals surface area (Å²) in [7, 11) is 0. The van der Waals surface area contributed by atoms with Gasteiger partial charge in [0.1, 0.15) is 0 Å². The van der Waals surface area contributed by atoms with Crippen LogP contribution in [0.15, 0.2) is 23.1 Å². The topological polar surface area (TPSA) is 68.5 Å². The number of halogens is 2. The molecule has 0 saturated heterocycles. The van der Waals surface area contributed by atoms with Gasteiger partial charge in [-0.3, -0.25) is 4.79 Å². The molecule has 1 heterocycles. The maximum atomic E-state index is 12.1. The van der Waals surface area contributed by atoms with Crippen molar-refractivity contribution in [1.29, 1.82) is 0 Å². The highest BCUT2D eigenvalue weighted by molar-refractivity contribution is 6.42. The van der Waals surface area contributed by atoms with Gasteiger partial charge in [0.05, 0.1) is 27.1 Å². The van der Waals surface area contributed by atoms with Gasteiger partial charge in [0.25, 0.3) is 0 Å².